The summed E-state index contributed by atoms with van der Waals surface area (Å²) in [5, 5.41) is 2.85. The van der Waals surface area contributed by atoms with Crippen molar-refractivity contribution in [2.24, 2.45) is 0 Å². The number of ether oxygens (including phenoxy) is 3. The van der Waals surface area contributed by atoms with Crippen LogP contribution in [0.3, 0.4) is 0 Å². The second-order valence-corrected chi connectivity index (χ2v) is 10.4. The topological polar surface area (TPSA) is 114 Å². The molecule has 11 heteroatoms. The number of hydrogen-bond donors (Lipinski definition) is 1. The van der Waals surface area contributed by atoms with Gasteiger partial charge >= 0.3 is 0 Å². The Morgan fingerprint density at radius 3 is 2.44 bits per heavy atom. The highest BCUT2D eigenvalue weighted by Gasteiger charge is 2.30. The summed E-state index contributed by atoms with van der Waals surface area (Å²) >= 11 is 0. The van der Waals surface area contributed by atoms with Crippen molar-refractivity contribution in [2.75, 3.05) is 37.6 Å². The van der Waals surface area contributed by atoms with Gasteiger partial charge in [0.05, 0.1) is 19.1 Å². The number of rotatable bonds is 12. The highest BCUT2D eigenvalue weighted by molar-refractivity contribution is 7.92. The highest BCUT2D eigenvalue weighted by atomic mass is 32.2. The van der Waals surface area contributed by atoms with Gasteiger partial charge in [-0.05, 0) is 43.2 Å². The molecule has 196 valence electrons. The van der Waals surface area contributed by atoms with Gasteiger partial charge in [0.1, 0.15) is 18.3 Å². The molecule has 0 saturated heterocycles. The van der Waals surface area contributed by atoms with Crippen LogP contribution in [0.15, 0.2) is 42.5 Å². The second kappa shape index (κ2) is 12.0. The zero-order valence-corrected chi connectivity index (χ0v) is 21.8. The Morgan fingerprint density at radius 1 is 1.11 bits per heavy atom. The van der Waals surface area contributed by atoms with Crippen LogP contribution >= 0.6 is 0 Å². The Hall–Kier alpha value is -3.47. The summed E-state index contributed by atoms with van der Waals surface area (Å²) in [5.41, 5.74) is 1.03. The SMILES string of the molecule is CCCCNC(=O)[C@H](C)N(Cc1ccc(OC)cc1)C(=O)CN(c1ccc2c(c1)OCO2)S(C)(=O)=O. The molecule has 2 aromatic rings. The fourth-order valence-corrected chi connectivity index (χ4v) is 4.54. The Labute approximate surface area is 212 Å². The molecule has 0 fully saturated rings. The van der Waals surface area contributed by atoms with Gasteiger partial charge in [0.25, 0.3) is 0 Å². The van der Waals surface area contributed by atoms with Crippen LogP contribution in [-0.2, 0) is 26.2 Å². The van der Waals surface area contributed by atoms with Crippen molar-refractivity contribution < 1.29 is 32.2 Å². The first kappa shape index (κ1) is 27.1. The van der Waals surface area contributed by atoms with Gasteiger partial charge in [-0.25, -0.2) is 8.42 Å². The van der Waals surface area contributed by atoms with E-state index in [1.165, 1.54) is 11.0 Å². The number of carbonyl (C=O) groups excluding carboxylic acids is 2. The number of nitrogens with zero attached hydrogens (tertiary/aromatic N) is 2. The molecule has 0 radical (unpaired) electrons. The largest absolute Gasteiger partial charge is 0.497 e. The molecule has 2 aromatic carbocycles. The Bertz CT molecular complexity index is 1170. The number of hydrogen-bond acceptors (Lipinski definition) is 7. The van der Waals surface area contributed by atoms with E-state index in [0.717, 1.165) is 29.0 Å². The van der Waals surface area contributed by atoms with E-state index in [1.54, 1.807) is 50.4 Å². The van der Waals surface area contributed by atoms with Crippen molar-refractivity contribution in [1.82, 2.24) is 10.2 Å². The van der Waals surface area contributed by atoms with Crippen LogP contribution in [-0.4, -0.2) is 64.4 Å². The zero-order chi connectivity index (χ0) is 26.3. The molecular formula is C25H33N3O7S. The summed E-state index contributed by atoms with van der Waals surface area (Å²) < 4.78 is 42.2. The van der Waals surface area contributed by atoms with Crippen molar-refractivity contribution in [2.45, 2.75) is 39.3 Å². The molecule has 0 spiro atoms. The molecule has 2 amide bonds. The molecule has 0 aliphatic carbocycles. The van der Waals surface area contributed by atoms with Gasteiger partial charge in [0.15, 0.2) is 11.5 Å². The molecule has 1 N–H and O–H groups in total. The molecule has 0 bridgehead atoms. The number of sulfonamides is 1. The lowest BCUT2D eigenvalue weighted by Gasteiger charge is -2.31. The maximum Gasteiger partial charge on any atom is 0.244 e. The first-order chi connectivity index (χ1) is 17.1. The smallest absolute Gasteiger partial charge is 0.244 e. The van der Waals surface area contributed by atoms with Gasteiger partial charge in [-0.3, -0.25) is 13.9 Å². The minimum absolute atomic E-state index is 0.0386. The summed E-state index contributed by atoms with van der Waals surface area (Å²) in [6, 6.07) is 11.0. The third-order valence-corrected chi connectivity index (χ3v) is 6.97. The lowest BCUT2D eigenvalue weighted by atomic mass is 10.1. The number of methoxy groups -OCH3 is 1. The quantitative estimate of drug-likeness (QED) is 0.429. The number of amides is 2. The Morgan fingerprint density at radius 2 is 1.81 bits per heavy atom. The monoisotopic (exact) mass is 519 g/mol. The fraction of sp³-hybridized carbons (Fsp3) is 0.440. The van der Waals surface area contributed by atoms with Crippen molar-refractivity contribution >= 4 is 27.5 Å². The van der Waals surface area contributed by atoms with Crippen LogP contribution in [0.5, 0.6) is 17.2 Å². The van der Waals surface area contributed by atoms with Crippen LogP contribution in [0, 0.1) is 0 Å². The van der Waals surface area contributed by atoms with E-state index in [1.807, 2.05) is 6.92 Å². The minimum atomic E-state index is -3.84. The van der Waals surface area contributed by atoms with E-state index < -0.39 is 28.5 Å². The number of anilines is 1. The Balaban J connectivity index is 1.87. The van der Waals surface area contributed by atoms with E-state index in [9.17, 15) is 18.0 Å². The summed E-state index contributed by atoms with van der Waals surface area (Å²) in [6.07, 6.45) is 2.76. The molecular weight excluding hydrogens is 486 g/mol. The predicted octanol–water partition coefficient (Wildman–Crippen LogP) is 2.52. The van der Waals surface area contributed by atoms with E-state index in [0.29, 0.717) is 23.8 Å². The summed E-state index contributed by atoms with van der Waals surface area (Å²) in [6.45, 7) is 3.82. The summed E-state index contributed by atoms with van der Waals surface area (Å²) in [7, 11) is -2.28. The lowest BCUT2D eigenvalue weighted by Crippen LogP contribution is -2.51. The molecule has 1 aliphatic heterocycles. The van der Waals surface area contributed by atoms with Crippen LogP contribution in [0.1, 0.15) is 32.3 Å². The number of nitrogens with one attached hydrogen (secondary N) is 1. The fourth-order valence-electron chi connectivity index (χ4n) is 3.70. The number of fused-ring (bicyclic) bond motifs is 1. The molecule has 36 heavy (non-hydrogen) atoms. The third-order valence-electron chi connectivity index (χ3n) is 5.83. The van der Waals surface area contributed by atoms with Gasteiger partial charge in [-0.2, -0.15) is 0 Å². The van der Waals surface area contributed by atoms with E-state index in [2.05, 4.69) is 5.32 Å². The number of carbonyl (C=O) groups is 2. The normalized spacial score (nSPS) is 13.1. The van der Waals surface area contributed by atoms with Crippen molar-refractivity contribution in [1.29, 1.82) is 0 Å². The number of benzene rings is 2. The molecule has 0 unspecified atom stereocenters. The van der Waals surface area contributed by atoms with Crippen LogP contribution in [0.4, 0.5) is 5.69 Å². The molecule has 0 aromatic heterocycles. The van der Waals surface area contributed by atoms with Gasteiger partial charge in [0.2, 0.25) is 28.6 Å². The molecule has 1 heterocycles. The van der Waals surface area contributed by atoms with Gasteiger partial charge in [0, 0.05) is 19.2 Å². The summed E-state index contributed by atoms with van der Waals surface area (Å²) in [5.74, 6) is 0.726. The van der Waals surface area contributed by atoms with Crippen LogP contribution in [0.25, 0.3) is 0 Å². The number of unbranched alkanes of at least 4 members (excludes halogenated alkanes) is 1. The molecule has 1 aliphatic rings. The van der Waals surface area contributed by atoms with Crippen LogP contribution in [0.2, 0.25) is 0 Å². The van der Waals surface area contributed by atoms with E-state index in [-0.39, 0.29) is 24.9 Å². The lowest BCUT2D eigenvalue weighted by molar-refractivity contribution is -0.139. The predicted molar refractivity (Wildman–Crippen MR) is 136 cm³/mol. The van der Waals surface area contributed by atoms with Crippen molar-refractivity contribution in [3.05, 3.63) is 48.0 Å². The first-order valence-corrected chi connectivity index (χ1v) is 13.6. The standard InChI is InChI=1S/C25H33N3O7S/c1-5-6-13-26-25(30)18(2)27(15-19-7-10-21(33-3)11-8-19)24(29)16-28(36(4,31)32)20-9-12-22-23(14-20)35-17-34-22/h7-12,14,18H,5-6,13,15-17H2,1-4H3,(H,26,30)/t18-/m0/s1. The highest BCUT2D eigenvalue weighted by Crippen LogP contribution is 2.36. The van der Waals surface area contributed by atoms with Gasteiger partial charge in [-0.15, -0.1) is 0 Å². The average Bonchev–Trinajstić information content (AvgIpc) is 3.33. The van der Waals surface area contributed by atoms with Crippen molar-refractivity contribution in [3.63, 3.8) is 0 Å². The molecule has 0 saturated carbocycles. The Kier molecular flexibility index (Phi) is 9.03. The van der Waals surface area contributed by atoms with Gasteiger partial charge in [-0.1, -0.05) is 25.5 Å². The summed E-state index contributed by atoms with van der Waals surface area (Å²) in [4.78, 5) is 27.8. The molecule has 1 atom stereocenters. The third kappa shape index (κ3) is 6.81. The van der Waals surface area contributed by atoms with E-state index in [4.69, 9.17) is 14.2 Å². The average molecular weight is 520 g/mol. The first-order valence-electron chi connectivity index (χ1n) is 11.7. The van der Waals surface area contributed by atoms with E-state index >= 15 is 0 Å². The zero-order valence-electron chi connectivity index (χ0n) is 21.0. The minimum Gasteiger partial charge on any atom is -0.497 e. The molecule has 10 nitrogen and oxygen atoms in total. The van der Waals surface area contributed by atoms with Crippen molar-refractivity contribution in [3.8, 4) is 17.2 Å². The molecule has 3 rings (SSSR count). The van der Waals surface area contributed by atoms with Gasteiger partial charge < -0.3 is 24.4 Å². The maximum absolute atomic E-state index is 13.6. The van der Waals surface area contributed by atoms with Crippen LogP contribution < -0.4 is 23.8 Å². The second-order valence-electron chi connectivity index (χ2n) is 8.50. The maximum atomic E-state index is 13.6.